The number of carbonyl (C=O) groups excluding carboxylic acids is 1. The molecule has 0 spiro atoms. The fraction of sp³-hybridized carbons (Fsp3) is 0.211. The summed E-state index contributed by atoms with van der Waals surface area (Å²) in [7, 11) is 1.68. The molecule has 1 heterocycles. The van der Waals surface area contributed by atoms with Crippen molar-refractivity contribution in [1.82, 2.24) is 10.3 Å². The zero-order chi connectivity index (χ0) is 16.7. The Labute approximate surface area is 153 Å². The fourth-order valence-electron chi connectivity index (χ4n) is 3.39. The SMILES string of the molecule is COc1ccc2[nH]c3c(c2c1)CC(NC(=O)c1ccccc1I)C3. The van der Waals surface area contributed by atoms with Crippen LogP contribution in [0.15, 0.2) is 42.5 Å². The van der Waals surface area contributed by atoms with Gasteiger partial charge in [0.1, 0.15) is 5.75 Å². The second kappa shape index (κ2) is 6.12. The summed E-state index contributed by atoms with van der Waals surface area (Å²) in [5.74, 6) is 0.854. The Morgan fingerprint density at radius 2 is 2.08 bits per heavy atom. The minimum atomic E-state index is -0.00274. The van der Waals surface area contributed by atoms with Gasteiger partial charge in [0.25, 0.3) is 5.91 Å². The number of hydrogen-bond donors (Lipinski definition) is 2. The molecule has 1 aliphatic rings. The van der Waals surface area contributed by atoms with Gasteiger partial charge in [0.2, 0.25) is 0 Å². The number of H-pyrrole nitrogens is 1. The molecule has 4 rings (SSSR count). The number of carbonyl (C=O) groups is 1. The number of methoxy groups -OCH3 is 1. The fourth-order valence-corrected chi connectivity index (χ4v) is 4.02. The van der Waals surface area contributed by atoms with Crippen LogP contribution < -0.4 is 10.1 Å². The molecule has 0 saturated heterocycles. The van der Waals surface area contributed by atoms with E-state index in [-0.39, 0.29) is 11.9 Å². The van der Waals surface area contributed by atoms with Crippen molar-refractivity contribution in [3.05, 3.63) is 62.9 Å². The molecule has 1 aromatic heterocycles. The minimum absolute atomic E-state index is 0.00274. The molecular weight excluding hydrogens is 415 g/mol. The molecule has 1 aliphatic carbocycles. The number of aromatic nitrogens is 1. The smallest absolute Gasteiger partial charge is 0.252 e. The maximum atomic E-state index is 12.5. The molecule has 0 fully saturated rings. The third-order valence-corrected chi connectivity index (χ3v) is 5.50. The number of aromatic amines is 1. The van der Waals surface area contributed by atoms with Crippen molar-refractivity contribution in [2.24, 2.45) is 0 Å². The van der Waals surface area contributed by atoms with E-state index in [0.717, 1.165) is 33.2 Å². The average molecular weight is 432 g/mol. The Bertz CT molecular complexity index is 932. The minimum Gasteiger partial charge on any atom is -0.497 e. The molecule has 0 aliphatic heterocycles. The summed E-state index contributed by atoms with van der Waals surface area (Å²) in [5, 5.41) is 4.36. The van der Waals surface area contributed by atoms with E-state index >= 15 is 0 Å². The third kappa shape index (κ3) is 2.66. The van der Waals surface area contributed by atoms with Crippen LogP contribution in [0.3, 0.4) is 0 Å². The number of nitrogens with one attached hydrogen (secondary N) is 2. The van der Waals surface area contributed by atoms with Crippen LogP contribution >= 0.6 is 22.6 Å². The second-order valence-electron chi connectivity index (χ2n) is 6.05. The summed E-state index contributed by atoms with van der Waals surface area (Å²) in [6, 6.07) is 13.9. The second-order valence-corrected chi connectivity index (χ2v) is 7.21. The number of hydrogen-bond acceptors (Lipinski definition) is 2. The van der Waals surface area contributed by atoms with E-state index in [1.54, 1.807) is 7.11 Å². The van der Waals surface area contributed by atoms with Crippen LogP contribution in [0.4, 0.5) is 0 Å². The van der Waals surface area contributed by atoms with Gasteiger partial charge in [0.05, 0.1) is 12.7 Å². The Kier molecular flexibility index (Phi) is 3.96. The van der Waals surface area contributed by atoms with E-state index in [0.29, 0.717) is 0 Å². The molecule has 0 saturated carbocycles. The van der Waals surface area contributed by atoms with Crippen LogP contribution in [0.1, 0.15) is 21.6 Å². The van der Waals surface area contributed by atoms with Gasteiger partial charge in [-0.3, -0.25) is 4.79 Å². The summed E-state index contributed by atoms with van der Waals surface area (Å²) in [6.07, 6.45) is 1.68. The van der Waals surface area contributed by atoms with Crippen molar-refractivity contribution in [3.8, 4) is 5.75 Å². The summed E-state index contributed by atoms with van der Waals surface area (Å²) in [5.41, 5.74) is 4.37. The lowest BCUT2D eigenvalue weighted by Gasteiger charge is -2.13. The molecule has 1 amide bonds. The predicted molar refractivity (Wildman–Crippen MR) is 103 cm³/mol. The Morgan fingerprint density at radius 3 is 2.88 bits per heavy atom. The summed E-state index contributed by atoms with van der Waals surface area (Å²) >= 11 is 2.20. The summed E-state index contributed by atoms with van der Waals surface area (Å²) in [6.45, 7) is 0. The van der Waals surface area contributed by atoms with E-state index < -0.39 is 0 Å². The van der Waals surface area contributed by atoms with Gasteiger partial charge in [0.15, 0.2) is 0 Å². The van der Waals surface area contributed by atoms with E-state index in [4.69, 9.17) is 4.74 Å². The molecule has 2 aromatic carbocycles. The molecule has 122 valence electrons. The molecule has 4 nitrogen and oxygen atoms in total. The monoisotopic (exact) mass is 432 g/mol. The van der Waals surface area contributed by atoms with Crippen LogP contribution in [0.2, 0.25) is 0 Å². The number of ether oxygens (including phenoxy) is 1. The van der Waals surface area contributed by atoms with E-state index in [9.17, 15) is 4.79 Å². The van der Waals surface area contributed by atoms with Gasteiger partial charge in [-0.15, -0.1) is 0 Å². The number of halogens is 1. The van der Waals surface area contributed by atoms with E-state index in [1.807, 2.05) is 36.4 Å². The lowest BCUT2D eigenvalue weighted by Crippen LogP contribution is -2.35. The molecule has 0 bridgehead atoms. The standard InChI is InChI=1S/C19H17IN2O2/c1-24-12-6-7-17-15(10-12)14-8-11(9-18(14)22-17)21-19(23)13-4-2-3-5-16(13)20/h2-7,10-11,22H,8-9H2,1H3,(H,21,23). The van der Waals surface area contributed by atoms with Gasteiger partial charge in [0, 0.05) is 32.6 Å². The average Bonchev–Trinajstić information content (AvgIpc) is 3.11. The normalized spacial score (nSPS) is 16.2. The van der Waals surface area contributed by atoms with Crippen LogP contribution in [-0.2, 0) is 12.8 Å². The highest BCUT2D eigenvalue weighted by molar-refractivity contribution is 14.1. The number of benzene rings is 2. The third-order valence-electron chi connectivity index (χ3n) is 4.56. The van der Waals surface area contributed by atoms with Crippen molar-refractivity contribution in [3.63, 3.8) is 0 Å². The van der Waals surface area contributed by atoms with Gasteiger partial charge in [-0.05, 0) is 64.9 Å². The largest absolute Gasteiger partial charge is 0.497 e. The molecule has 2 N–H and O–H groups in total. The van der Waals surface area contributed by atoms with Crippen molar-refractivity contribution in [1.29, 1.82) is 0 Å². The number of rotatable bonds is 3. The van der Waals surface area contributed by atoms with Crippen molar-refractivity contribution < 1.29 is 9.53 Å². The predicted octanol–water partition coefficient (Wildman–Crippen LogP) is 3.68. The first-order valence-electron chi connectivity index (χ1n) is 7.88. The van der Waals surface area contributed by atoms with Gasteiger partial charge < -0.3 is 15.0 Å². The Hall–Kier alpha value is -2.02. The lowest BCUT2D eigenvalue weighted by molar-refractivity contribution is 0.0937. The van der Waals surface area contributed by atoms with Crippen LogP contribution in [-0.4, -0.2) is 24.0 Å². The molecule has 1 unspecified atom stereocenters. The van der Waals surface area contributed by atoms with Gasteiger partial charge in [-0.2, -0.15) is 0 Å². The maximum absolute atomic E-state index is 12.5. The van der Waals surface area contributed by atoms with E-state index in [2.05, 4.69) is 39.0 Å². The number of amides is 1. The van der Waals surface area contributed by atoms with E-state index in [1.165, 1.54) is 16.6 Å². The van der Waals surface area contributed by atoms with Crippen LogP contribution in [0.25, 0.3) is 10.9 Å². The highest BCUT2D eigenvalue weighted by Gasteiger charge is 2.27. The van der Waals surface area contributed by atoms with Crippen LogP contribution in [0, 0.1) is 3.57 Å². The Morgan fingerprint density at radius 1 is 1.25 bits per heavy atom. The molecule has 0 radical (unpaired) electrons. The first-order chi connectivity index (χ1) is 11.7. The molecule has 1 atom stereocenters. The maximum Gasteiger partial charge on any atom is 0.252 e. The summed E-state index contributed by atoms with van der Waals surface area (Å²) in [4.78, 5) is 16.0. The van der Waals surface area contributed by atoms with Crippen LogP contribution in [0.5, 0.6) is 5.75 Å². The lowest BCUT2D eigenvalue weighted by atomic mass is 10.1. The zero-order valence-corrected chi connectivity index (χ0v) is 15.4. The Balaban J connectivity index is 1.55. The first-order valence-corrected chi connectivity index (χ1v) is 8.96. The molecular formula is C19H17IN2O2. The molecule has 5 heteroatoms. The number of fused-ring (bicyclic) bond motifs is 3. The molecule has 3 aromatic rings. The highest BCUT2D eigenvalue weighted by atomic mass is 127. The van der Waals surface area contributed by atoms with Gasteiger partial charge >= 0.3 is 0 Å². The van der Waals surface area contributed by atoms with Crippen molar-refractivity contribution in [2.75, 3.05) is 7.11 Å². The van der Waals surface area contributed by atoms with Crippen molar-refractivity contribution in [2.45, 2.75) is 18.9 Å². The molecule has 24 heavy (non-hydrogen) atoms. The van der Waals surface area contributed by atoms with Gasteiger partial charge in [-0.25, -0.2) is 0 Å². The first kappa shape index (κ1) is 15.5. The van der Waals surface area contributed by atoms with Crippen molar-refractivity contribution >= 4 is 39.4 Å². The zero-order valence-electron chi connectivity index (χ0n) is 13.2. The quantitative estimate of drug-likeness (QED) is 0.621. The topological polar surface area (TPSA) is 54.1 Å². The van der Waals surface area contributed by atoms with Gasteiger partial charge in [-0.1, -0.05) is 12.1 Å². The summed E-state index contributed by atoms with van der Waals surface area (Å²) < 4.78 is 6.30. The highest BCUT2D eigenvalue weighted by Crippen LogP contribution is 2.32.